The number of primary sulfonamides is 1. The molecule has 1 aromatic rings. The molecule has 108 valence electrons. The number of nitrogens with two attached hydrogens (primary N) is 1. The van der Waals surface area contributed by atoms with Crippen molar-refractivity contribution in [3.63, 3.8) is 0 Å². The van der Waals surface area contributed by atoms with Gasteiger partial charge in [-0.15, -0.1) is 11.3 Å². The summed E-state index contributed by atoms with van der Waals surface area (Å²) in [5, 5.41) is 7.83. The van der Waals surface area contributed by atoms with Gasteiger partial charge >= 0.3 is 0 Å². The number of sulfonamides is 1. The van der Waals surface area contributed by atoms with E-state index >= 15 is 0 Å². The van der Waals surface area contributed by atoms with Crippen LogP contribution in [0.25, 0.3) is 0 Å². The Morgan fingerprint density at radius 1 is 1.47 bits per heavy atom. The van der Waals surface area contributed by atoms with Crippen molar-refractivity contribution in [2.75, 3.05) is 0 Å². The van der Waals surface area contributed by atoms with E-state index in [0.717, 1.165) is 35.5 Å². The Hall–Kier alpha value is -0.920. The first-order chi connectivity index (χ1) is 8.84. The van der Waals surface area contributed by atoms with Gasteiger partial charge in [-0.1, -0.05) is 26.7 Å². The van der Waals surface area contributed by atoms with Gasteiger partial charge in [-0.25, -0.2) is 13.6 Å². The number of hydrogen-bond acceptors (Lipinski definition) is 4. The van der Waals surface area contributed by atoms with Crippen LogP contribution in [-0.2, 0) is 21.4 Å². The molecule has 0 aromatic carbocycles. The summed E-state index contributed by atoms with van der Waals surface area (Å²) in [5.74, 6) is -0.0170. The number of thiophene rings is 1. The molecule has 0 fully saturated rings. The molecule has 0 saturated heterocycles. The molecule has 0 aliphatic carbocycles. The minimum atomic E-state index is -3.64. The van der Waals surface area contributed by atoms with E-state index in [1.807, 2.05) is 6.92 Å². The van der Waals surface area contributed by atoms with Crippen molar-refractivity contribution >= 4 is 27.3 Å². The smallest absolute Gasteiger partial charge is 0.247 e. The number of rotatable bonds is 7. The molecule has 7 heteroatoms. The summed E-state index contributed by atoms with van der Waals surface area (Å²) < 4.78 is 22.3. The summed E-state index contributed by atoms with van der Waals surface area (Å²) in [6.45, 7) is 4.33. The van der Waals surface area contributed by atoms with E-state index in [1.165, 1.54) is 6.07 Å². The van der Waals surface area contributed by atoms with E-state index in [4.69, 9.17) is 5.14 Å². The fourth-order valence-electron chi connectivity index (χ4n) is 1.60. The molecule has 1 unspecified atom stereocenters. The maximum Gasteiger partial charge on any atom is 0.247 e. The molecule has 1 rings (SSSR count). The fraction of sp³-hybridized carbons (Fsp3) is 0.583. The van der Waals surface area contributed by atoms with Crippen LogP contribution in [0, 0.1) is 5.92 Å². The predicted octanol–water partition coefficient (Wildman–Crippen LogP) is 1.84. The second kappa shape index (κ2) is 7.02. The van der Waals surface area contributed by atoms with Crippen LogP contribution < -0.4 is 10.5 Å². The summed E-state index contributed by atoms with van der Waals surface area (Å²) in [4.78, 5) is 12.6. The van der Waals surface area contributed by atoms with Crippen LogP contribution in [0.5, 0.6) is 0 Å². The highest BCUT2D eigenvalue weighted by atomic mass is 32.2. The van der Waals surface area contributed by atoms with Crippen LogP contribution in [0.1, 0.15) is 38.0 Å². The van der Waals surface area contributed by atoms with Gasteiger partial charge in [0, 0.05) is 10.8 Å². The van der Waals surface area contributed by atoms with Crippen molar-refractivity contribution in [1.29, 1.82) is 0 Å². The quantitative estimate of drug-likeness (QED) is 0.805. The van der Waals surface area contributed by atoms with Crippen molar-refractivity contribution in [3.8, 4) is 0 Å². The molecule has 0 aliphatic heterocycles. The standard InChI is InChI=1S/C12H20N2O3S2/c1-3-4-5-9(2)12(15)14-8-10-6-7-11(18-10)19(13,16)17/h6-7,9H,3-5,8H2,1-2H3,(H,14,15)(H2,13,16,17). The lowest BCUT2D eigenvalue weighted by Crippen LogP contribution is -2.28. The Labute approximate surface area is 118 Å². The molecule has 1 amide bonds. The summed E-state index contributed by atoms with van der Waals surface area (Å²) in [7, 11) is -3.64. The van der Waals surface area contributed by atoms with E-state index < -0.39 is 10.0 Å². The molecule has 19 heavy (non-hydrogen) atoms. The van der Waals surface area contributed by atoms with E-state index in [-0.39, 0.29) is 16.0 Å². The highest BCUT2D eigenvalue weighted by molar-refractivity contribution is 7.91. The number of carbonyl (C=O) groups is 1. The van der Waals surface area contributed by atoms with Crippen LogP contribution in [0.15, 0.2) is 16.3 Å². The van der Waals surface area contributed by atoms with E-state index in [1.54, 1.807) is 6.07 Å². The largest absolute Gasteiger partial charge is 0.351 e. The van der Waals surface area contributed by atoms with Crippen LogP contribution in [0.2, 0.25) is 0 Å². The Balaban J connectivity index is 2.49. The molecule has 0 spiro atoms. The highest BCUT2D eigenvalue weighted by Gasteiger charge is 2.14. The van der Waals surface area contributed by atoms with E-state index in [2.05, 4.69) is 12.2 Å². The van der Waals surface area contributed by atoms with Crippen LogP contribution in [0.4, 0.5) is 0 Å². The van der Waals surface area contributed by atoms with Crippen LogP contribution in [0.3, 0.4) is 0 Å². The van der Waals surface area contributed by atoms with Gasteiger partial charge in [0.05, 0.1) is 6.54 Å². The first-order valence-corrected chi connectivity index (χ1v) is 8.60. The van der Waals surface area contributed by atoms with Gasteiger partial charge in [-0.3, -0.25) is 4.79 Å². The molecule has 0 bridgehead atoms. The van der Waals surface area contributed by atoms with Gasteiger partial charge in [0.1, 0.15) is 4.21 Å². The van der Waals surface area contributed by atoms with Crippen molar-refractivity contribution < 1.29 is 13.2 Å². The Kier molecular flexibility index (Phi) is 5.96. The molecule has 3 N–H and O–H groups in total. The lowest BCUT2D eigenvalue weighted by Gasteiger charge is -2.10. The van der Waals surface area contributed by atoms with Crippen molar-refractivity contribution in [1.82, 2.24) is 5.32 Å². The Bertz CT molecular complexity index is 523. The zero-order chi connectivity index (χ0) is 14.5. The van der Waals surface area contributed by atoms with Crippen LogP contribution in [-0.4, -0.2) is 14.3 Å². The minimum absolute atomic E-state index is 0.000921. The highest BCUT2D eigenvalue weighted by Crippen LogP contribution is 2.20. The number of unbranched alkanes of at least 4 members (excludes halogenated alkanes) is 1. The summed E-state index contributed by atoms with van der Waals surface area (Å²) in [5.41, 5.74) is 0. The van der Waals surface area contributed by atoms with E-state index in [0.29, 0.717) is 6.54 Å². The van der Waals surface area contributed by atoms with Crippen LogP contribution >= 0.6 is 11.3 Å². The number of hydrogen-bond donors (Lipinski definition) is 2. The van der Waals surface area contributed by atoms with Gasteiger partial charge in [-0.05, 0) is 18.6 Å². The third-order valence-corrected chi connectivity index (χ3v) is 5.32. The monoisotopic (exact) mass is 304 g/mol. The topological polar surface area (TPSA) is 89.3 Å². The number of amides is 1. The Morgan fingerprint density at radius 3 is 2.68 bits per heavy atom. The second-order valence-electron chi connectivity index (χ2n) is 4.53. The Morgan fingerprint density at radius 2 is 2.16 bits per heavy atom. The molecule has 1 heterocycles. The molecule has 0 radical (unpaired) electrons. The average molecular weight is 304 g/mol. The van der Waals surface area contributed by atoms with Gasteiger partial charge in [-0.2, -0.15) is 0 Å². The molecular weight excluding hydrogens is 284 g/mol. The second-order valence-corrected chi connectivity index (χ2v) is 7.48. The summed E-state index contributed by atoms with van der Waals surface area (Å²) >= 11 is 1.08. The van der Waals surface area contributed by atoms with Crippen molar-refractivity contribution in [2.45, 2.75) is 43.9 Å². The maximum atomic E-state index is 11.8. The first kappa shape index (κ1) is 16.1. The molecule has 0 saturated carbocycles. The van der Waals surface area contributed by atoms with Gasteiger partial charge < -0.3 is 5.32 Å². The molecule has 1 aromatic heterocycles. The molecule has 0 aliphatic rings. The van der Waals surface area contributed by atoms with Gasteiger partial charge in [0.25, 0.3) is 0 Å². The van der Waals surface area contributed by atoms with Crippen molar-refractivity contribution in [2.24, 2.45) is 11.1 Å². The average Bonchev–Trinajstić information content (AvgIpc) is 2.81. The molecule has 5 nitrogen and oxygen atoms in total. The fourth-order valence-corrected chi connectivity index (χ4v) is 3.31. The normalized spacial score (nSPS) is 13.2. The third-order valence-electron chi connectivity index (χ3n) is 2.79. The van der Waals surface area contributed by atoms with Gasteiger partial charge in [0.2, 0.25) is 15.9 Å². The SMILES string of the molecule is CCCCC(C)C(=O)NCc1ccc(S(N)(=O)=O)s1. The number of carbonyl (C=O) groups excluding carboxylic acids is 1. The predicted molar refractivity (Wildman–Crippen MR) is 76.2 cm³/mol. The molecule has 1 atom stereocenters. The maximum absolute atomic E-state index is 11.8. The zero-order valence-corrected chi connectivity index (χ0v) is 12.8. The summed E-state index contributed by atoms with van der Waals surface area (Å²) in [6.07, 6.45) is 2.97. The van der Waals surface area contributed by atoms with Gasteiger partial charge in [0.15, 0.2) is 0 Å². The number of nitrogens with one attached hydrogen (secondary N) is 1. The van der Waals surface area contributed by atoms with E-state index in [9.17, 15) is 13.2 Å². The lowest BCUT2D eigenvalue weighted by molar-refractivity contribution is -0.124. The first-order valence-electron chi connectivity index (χ1n) is 6.23. The lowest BCUT2D eigenvalue weighted by atomic mass is 10.0. The zero-order valence-electron chi connectivity index (χ0n) is 11.2. The van der Waals surface area contributed by atoms with Crippen molar-refractivity contribution in [3.05, 3.63) is 17.0 Å². The minimum Gasteiger partial charge on any atom is -0.351 e. The molecular formula is C12H20N2O3S2. The third kappa shape index (κ3) is 5.30. The summed E-state index contributed by atoms with van der Waals surface area (Å²) in [6, 6.07) is 3.13.